The summed E-state index contributed by atoms with van der Waals surface area (Å²) >= 11 is 7.43. The number of carbonyl (C=O) groups excluding carboxylic acids is 2. The van der Waals surface area contributed by atoms with E-state index in [0.29, 0.717) is 30.3 Å². The Kier molecular flexibility index (Phi) is 5.94. The summed E-state index contributed by atoms with van der Waals surface area (Å²) in [5.41, 5.74) is 1.12. The van der Waals surface area contributed by atoms with Crippen molar-refractivity contribution >= 4 is 35.2 Å². The van der Waals surface area contributed by atoms with Crippen LogP contribution in [0.15, 0.2) is 24.3 Å². The fourth-order valence-electron chi connectivity index (χ4n) is 2.44. The molecule has 1 heterocycles. The van der Waals surface area contributed by atoms with Gasteiger partial charge in [-0.2, -0.15) is 11.8 Å². The van der Waals surface area contributed by atoms with Crippen LogP contribution in [0.2, 0.25) is 5.02 Å². The SMILES string of the molecule is CSCC(=O)N[C@@H]1CC(=O)N(CCc2cccc(Cl)c2)C1. The number of hydrogen-bond acceptors (Lipinski definition) is 3. The second kappa shape index (κ2) is 7.71. The minimum absolute atomic E-state index is 0.00279. The van der Waals surface area contributed by atoms with E-state index < -0.39 is 0 Å². The minimum atomic E-state index is -0.0588. The molecule has 21 heavy (non-hydrogen) atoms. The third-order valence-electron chi connectivity index (χ3n) is 3.41. The lowest BCUT2D eigenvalue weighted by molar-refractivity contribution is -0.127. The number of rotatable bonds is 6. The average molecular weight is 327 g/mol. The molecule has 0 spiro atoms. The molecule has 1 aromatic rings. The van der Waals surface area contributed by atoms with E-state index in [1.165, 1.54) is 11.8 Å². The first kappa shape index (κ1) is 16.2. The Morgan fingerprint density at radius 1 is 1.52 bits per heavy atom. The predicted molar refractivity (Wildman–Crippen MR) is 86.7 cm³/mol. The van der Waals surface area contributed by atoms with E-state index in [-0.39, 0.29) is 17.9 Å². The molecule has 2 amide bonds. The summed E-state index contributed by atoms with van der Waals surface area (Å²) in [5.74, 6) is 0.538. The minimum Gasteiger partial charge on any atom is -0.350 e. The number of hydrogen-bond donors (Lipinski definition) is 1. The number of benzene rings is 1. The van der Waals surface area contributed by atoms with Gasteiger partial charge in [0.05, 0.1) is 11.8 Å². The Morgan fingerprint density at radius 2 is 2.33 bits per heavy atom. The average Bonchev–Trinajstić information content (AvgIpc) is 2.77. The summed E-state index contributed by atoms with van der Waals surface area (Å²) in [6.07, 6.45) is 3.06. The van der Waals surface area contributed by atoms with Crippen LogP contribution in [0.5, 0.6) is 0 Å². The standard InChI is InChI=1S/C15H19ClN2O2S/c1-21-10-14(19)17-13-8-15(20)18(9-13)6-5-11-3-2-4-12(16)7-11/h2-4,7,13H,5-6,8-10H2,1H3,(H,17,19)/t13-/m1/s1. The number of thioether (sulfide) groups is 1. The molecule has 0 bridgehead atoms. The van der Waals surface area contributed by atoms with E-state index in [1.807, 2.05) is 35.4 Å². The number of nitrogens with one attached hydrogen (secondary N) is 1. The maximum absolute atomic E-state index is 12.0. The summed E-state index contributed by atoms with van der Waals surface area (Å²) in [6.45, 7) is 1.26. The van der Waals surface area contributed by atoms with Crippen molar-refractivity contribution in [3.63, 3.8) is 0 Å². The van der Waals surface area contributed by atoms with Gasteiger partial charge in [-0.15, -0.1) is 0 Å². The van der Waals surface area contributed by atoms with E-state index in [9.17, 15) is 9.59 Å². The molecule has 1 fully saturated rings. The molecule has 1 aliphatic rings. The summed E-state index contributed by atoms with van der Waals surface area (Å²) in [4.78, 5) is 25.3. The van der Waals surface area contributed by atoms with Gasteiger partial charge in [0, 0.05) is 24.5 Å². The highest BCUT2D eigenvalue weighted by molar-refractivity contribution is 7.99. The molecule has 114 valence electrons. The number of amides is 2. The Bertz CT molecular complexity index is 524. The van der Waals surface area contributed by atoms with Crippen LogP contribution in [0.3, 0.4) is 0 Å². The van der Waals surface area contributed by atoms with Gasteiger partial charge in [-0.1, -0.05) is 23.7 Å². The van der Waals surface area contributed by atoms with Crippen LogP contribution >= 0.6 is 23.4 Å². The van der Waals surface area contributed by atoms with Crippen LogP contribution < -0.4 is 5.32 Å². The fraction of sp³-hybridized carbons (Fsp3) is 0.467. The van der Waals surface area contributed by atoms with Crippen molar-refractivity contribution in [2.45, 2.75) is 18.9 Å². The highest BCUT2D eigenvalue weighted by atomic mass is 35.5. The van der Waals surface area contributed by atoms with Gasteiger partial charge in [0.15, 0.2) is 0 Å². The van der Waals surface area contributed by atoms with Crippen molar-refractivity contribution in [3.8, 4) is 0 Å². The Hall–Kier alpha value is -1.20. The normalized spacial score (nSPS) is 18.1. The van der Waals surface area contributed by atoms with Gasteiger partial charge in [0.25, 0.3) is 0 Å². The molecule has 0 aromatic heterocycles. The van der Waals surface area contributed by atoms with Crippen molar-refractivity contribution in [1.82, 2.24) is 10.2 Å². The number of halogens is 1. The van der Waals surface area contributed by atoms with Gasteiger partial charge >= 0.3 is 0 Å². The highest BCUT2D eigenvalue weighted by Gasteiger charge is 2.29. The zero-order chi connectivity index (χ0) is 15.2. The van der Waals surface area contributed by atoms with E-state index in [0.717, 1.165) is 12.0 Å². The lowest BCUT2D eigenvalue weighted by Crippen LogP contribution is -2.38. The summed E-state index contributed by atoms with van der Waals surface area (Å²) in [5, 5.41) is 3.61. The van der Waals surface area contributed by atoms with E-state index in [2.05, 4.69) is 5.32 Å². The summed E-state index contributed by atoms with van der Waals surface area (Å²) < 4.78 is 0. The second-order valence-electron chi connectivity index (χ2n) is 5.12. The topological polar surface area (TPSA) is 49.4 Å². The maximum atomic E-state index is 12.0. The molecular formula is C15H19ClN2O2S. The fourth-order valence-corrected chi connectivity index (χ4v) is 3.00. The zero-order valence-corrected chi connectivity index (χ0v) is 13.5. The summed E-state index contributed by atoms with van der Waals surface area (Å²) in [7, 11) is 0. The molecule has 6 heteroatoms. The first-order valence-corrected chi connectivity index (χ1v) is 8.66. The molecule has 1 atom stereocenters. The van der Waals surface area contributed by atoms with Crippen LogP contribution in [0.25, 0.3) is 0 Å². The largest absolute Gasteiger partial charge is 0.350 e. The van der Waals surface area contributed by atoms with Crippen molar-refractivity contribution in [2.24, 2.45) is 0 Å². The number of nitrogens with zero attached hydrogens (tertiary/aromatic N) is 1. The molecule has 0 aliphatic carbocycles. The lowest BCUT2D eigenvalue weighted by atomic mass is 10.1. The smallest absolute Gasteiger partial charge is 0.230 e. The van der Waals surface area contributed by atoms with Gasteiger partial charge < -0.3 is 10.2 Å². The molecule has 1 N–H and O–H groups in total. The van der Waals surface area contributed by atoms with Crippen molar-refractivity contribution in [2.75, 3.05) is 25.1 Å². The molecule has 1 saturated heterocycles. The van der Waals surface area contributed by atoms with Crippen molar-refractivity contribution < 1.29 is 9.59 Å². The monoisotopic (exact) mass is 326 g/mol. The highest BCUT2D eigenvalue weighted by Crippen LogP contribution is 2.15. The van der Waals surface area contributed by atoms with E-state index >= 15 is 0 Å². The molecule has 2 rings (SSSR count). The molecule has 0 unspecified atom stereocenters. The number of carbonyl (C=O) groups is 2. The Morgan fingerprint density at radius 3 is 3.05 bits per heavy atom. The van der Waals surface area contributed by atoms with E-state index in [1.54, 1.807) is 0 Å². The van der Waals surface area contributed by atoms with Crippen LogP contribution in [-0.2, 0) is 16.0 Å². The molecule has 4 nitrogen and oxygen atoms in total. The molecular weight excluding hydrogens is 308 g/mol. The quantitative estimate of drug-likeness (QED) is 0.869. The van der Waals surface area contributed by atoms with Crippen LogP contribution in [0.1, 0.15) is 12.0 Å². The van der Waals surface area contributed by atoms with Gasteiger partial charge in [-0.25, -0.2) is 0 Å². The third kappa shape index (κ3) is 4.93. The Labute approximate surface area is 134 Å². The molecule has 1 aliphatic heterocycles. The second-order valence-corrected chi connectivity index (χ2v) is 6.42. The first-order valence-electron chi connectivity index (χ1n) is 6.89. The van der Waals surface area contributed by atoms with Crippen molar-refractivity contribution in [1.29, 1.82) is 0 Å². The molecule has 0 radical (unpaired) electrons. The maximum Gasteiger partial charge on any atom is 0.230 e. The lowest BCUT2D eigenvalue weighted by Gasteiger charge is -2.17. The van der Waals surface area contributed by atoms with E-state index in [4.69, 9.17) is 11.6 Å². The van der Waals surface area contributed by atoms with Gasteiger partial charge in [-0.3, -0.25) is 9.59 Å². The van der Waals surface area contributed by atoms with Crippen molar-refractivity contribution in [3.05, 3.63) is 34.9 Å². The predicted octanol–water partition coefficient (Wildman–Crippen LogP) is 1.96. The van der Waals surface area contributed by atoms with Crippen LogP contribution in [-0.4, -0.2) is 47.9 Å². The molecule has 1 aromatic carbocycles. The number of likely N-dealkylation sites (tertiary alicyclic amines) is 1. The first-order chi connectivity index (χ1) is 10.1. The molecule has 0 saturated carbocycles. The van der Waals surface area contributed by atoms with Crippen LogP contribution in [0.4, 0.5) is 0 Å². The Balaban J connectivity index is 1.82. The van der Waals surface area contributed by atoms with Gasteiger partial charge in [0.1, 0.15) is 0 Å². The third-order valence-corrected chi connectivity index (χ3v) is 4.20. The summed E-state index contributed by atoms with van der Waals surface area (Å²) in [6, 6.07) is 7.61. The zero-order valence-electron chi connectivity index (χ0n) is 12.0. The van der Waals surface area contributed by atoms with Crippen LogP contribution in [0, 0.1) is 0 Å². The van der Waals surface area contributed by atoms with Gasteiger partial charge in [-0.05, 0) is 30.4 Å². The van der Waals surface area contributed by atoms with Gasteiger partial charge in [0.2, 0.25) is 11.8 Å².